The van der Waals surface area contributed by atoms with Crippen LogP contribution in [-0.4, -0.2) is 55.0 Å². The Labute approximate surface area is 215 Å². The van der Waals surface area contributed by atoms with E-state index in [0.29, 0.717) is 24.1 Å². The van der Waals surface area contributed by atoms with Crippen LogP contribution in [0.4, 0.5) is 32.0 Å². The van der Waals surface area contributed by atoms with Gasteiger partial charge in [0, 0.05) is 12.2 Å². The summed E-state index contributed by atoms with van der Waals surface area (Å²) in [4.78, 5) is 14.8. The zero-order chi connectivity index (χ0) is 27.6. The van der Waals surface area contributed by atoms with E-state index in [-0.39, 0.29) is 37.6 Å². The minimum Gasteiger partial charge on any atom is -0.455 e. The molecule has 12 heteroatoms. The average Bonchev–Trinajstić information content (AvgIpc) is 3.17. The van der Waals surface area contributed by atoms with Gasteiger partial charge in [-0.3, -0.25) is 4.79 Å². The van der Waals surface area contributed by atoms with Crippen LogP contribution in [0.2, 0.25) is 0 Å². The van der Waals surface area contributed by atoms with Crippen LogP contribution in [0, 0.1) is 5.41 Å². The number of carbonyl (C=O) groups is 1. The molecule has 2 fully saturated rings. The Morgan fingerprint density at radius 2 is 1.68 bits per heavy atom. The molecule has 208 valence electrons. The van der Waals surface area contributed by atoms with Gasteiger partial charge in [0.15, 0.2) is 0 Å². The monoisotopic (exact) mass is 547 g/mol. The van der Waals surface area contributed by atoms with Gasteiger partial charge in [-0.2, -0.15) is 26.3 Å². The number of hydrogen-bond acceptors (Lipinski definition) is 5. The summed E-state index contributed by atoms with van der Waals surface area (Å²) in [5, 5.41) is 10.1. The molecule has 1 aliphatic heterocycles. The standard InChI is InChI=1S/C26H27F6NO5/c27-25(28,29)16-37-21-14-24(11-10-20(21)34)12-13-33(22(24)35)18-6-8-19(9-7-18)38-23(26(30,31)32)36-15-17-4-2-1-3-5-17/h1-9,20-21,23,34H,10-16H2/t20-,21-,23+,24-/m0/s1. The summed E-state index contributed by atoms with van der Waals surface area (Å²) < 4.78 is 93.1. The highest BCUT2D eigenvalue weighted by atomic mass is 19.4. The fourth-order valence-corrected chi connectivity index (χ4v) is 4.86. The van der Waals surface area contributed by atoms with E-state index in [2.05, 4.69) is 0 Å². The Bertz CT molecular complexity index is 1080. The molecule has 2 aromatic rings. The zero-order valence-electron chi connectivity index (χ0n) is 20.2. The molecule has 1 amide bonds. The summed E-state index contributed by atoms with van der Waals surface area (Å²) in [6.45, 7) is -1.56. The third-order valence-corrected chi connectivity index (χ3v) is 6.82. The van der Waals surface area contributed by atoms with E-state index in [1.165, 1.54) is 29.2 Å². The lowest BCUT2D eigenvalue weighted by Crippen LogP contribution is -2.46. The zero-order valence-corrected chi connectivity index (χ0v) is 20.2. The van der Waals surface area contributed by atoms with Crippen LogP contribution in [0.15, 0.2) is 54.6 Å². The highest BCUT2D eigenvalue weighted by Crippen LogP contribution is 2.47. The normalized spacial score (nSPS) is 25.1. The number of rotatable bonds is 8. The van der Waals surface area contributed by atoms with Crippen molar-refractivity contribution in [3.63, 3.8) is 0 Å². The van der Waals surface area contributed by atoms with Crippen molar-refractivity contribution in [3.05, 3.63) is 60.2 Å². The number of ether oxygens (including phenoxy) is 3. The fourth-order valence-electron chi connectivity index (χ4n) is 4.86. The van der Waals surface area contributed by atoms with Crippen molar-refractivity contribution in [2.45, 2.75) is 63.1 Å². The largest absolute Gasteiger partial charge is 0.455 e. The highest BCUT2D eigenvalue weighted by molar-refractivity contribution is 6.00. The maximum Gasteiger partial charge on any atom is 0.452 e. The van der Waals surface area contributed by atoms with E-state index >= 15 is 0 Å². The van der Waals surface area contributed by atoms with E-state index in [4.69, 9.17) is 14.2 Å². The van der Waals surface area contributed by atoms with Crippen LogP contribution in [-0.2, 0) is 20.9 Å². The van der Waals surface area contributed by atoms with Crippen molar-refractivity contribution in [2.75, 3.05) is 18.1 Å². The van der Waals surface area contributed by atoms with Crippen molar-refractivity contribution >= 4 is 11.6 Å². The van der Waals surface area contributed by atoms with Crippen LogP contribution >= 0.6 is 0 Å². The predicted molar refractivity (Wildman–Crippen MR) is 123 cm³/mol. The fraction of sp³-hybridized carbons (Fsp3) is 0.500. The lowest BCUT2D eigenvalue weighted by molar-refractivity contribution is -0.286. The van der Waals surface area contributed by atoms with Gasteiger partial charge < -0.3 is 24.2 Å². The molecule has 6 nitrogen and oxygen atoms in total. The minimum atomic E-state index is -4.79. The van der Waals surface area contributed by atoms with Crippen molar-refractivity contribution in [2.24, 2.45) is 5.41 Å². The van der Waals surface area contributed by atoms with E-state index in [1.54, 1.807) is 30.3 Å². The molecule has 4 rings (SSSR count). The topological polar surface area (TPSA) is 68.2 Å². The van der Waals surface area contributed by atoms with Crippen molar-refractivity contribution in [3.8, 4) is 5.75 Å². The Hall–Kier alpha value is -2.83. The number of carbonyl (C=O) groups excluding carboxylic acids is 1. The maximum absolute atomic E-state index is 13.5. The van der Waals surface area contributed by atoms with E-state index in [0.717, 1.165) is 0 Å². The predicted octanol–water partition coefficient (Wildman–Crippen LogP) is 5.39. The van der Waals surface area contributed by atoms with Gasteiger partial charge in [0.2, 0.25) is 5.91 Å². The third kappa shape index (κ3) is 6.78. The molecule has 0 radical (unpaired) electrons. The van der Waals surface area contributed by atoms with Crippen LogP contribution in [0.3, 0.4) is 0 Å². The van der Waals surface area contributed by atoms with Gasteiger partial charge in [-0.15, -0.1) is 0 Å². The number of aliphatic hydroxyl groups excluding tert-OH is 1. The average molecular weight is 547 g/mol. The van der Waals surface area contributed by atoms with Gasteiger partial charge >= 0.3 is 12.4 Å². The molecule has 1 spiro atoms. The summed E-state index contributed by atoms with van der Waals surface area (Å²) in [5.74, 6) is -0.440. The third-order valence-electron chi connectivity index (χ3n) is 6.82. The molecular formula is C26H27F6NO5. The smallest absolute Gasteiger partial charge is 0.452 e. The molecule has 4 atom stereocenters. The molecule has 2 aromatic carbocycles. The summed E-state index contributed by atoms with van der Waals surface area (Å²) in [6, 6.07) is 13.8. The second-order valence-electron chi connectivity index (χ2n) is 9.54. The molecule has 0 unspecified atom stereocenters. The van der Waals surface area contributed by atoms with Gasteiger partial charge in [0.25, 0.3) is 6.29 Å². The second kappa shape index (κ2) is 11.1. The molecular weight excluding hydrogens is 520 g/mol. The lowest BCUT2D eigenvalue weighted by atomic mass is 9.70. The van der Waals surface area contributed by atoms with Crippen LogP contribution in [0.25, 0.3) is 0 Å². The summed E-state index contributed by atoms with van der Waals surface area (Å²) in [6.07, 6.45) is -13.4. The molecule has 2 aliphatic rings. The maximum atomic E-state index is 13.5. The number of halogens is 6. The Kier molecular flexibility index (Phi) is 8.24. The van der Waals surface area contributed by atoms with E-state index < -0.39 is 42.9 Å². The summed E-state index contributed by atoms with van der Waals surface area (Å²) in [5.41, 5.74) is -0.0209. The number of alkyl halides is 6. The quantitative estimate of drug-likeness (QED) is 0.355. The van der Waals surface area contributed by atoms with Gasteiger partial charge in [-0.1, -0.05) is 30.3 Å². The van der Waals surface area contributed by atoms with Gasteiger partial charge in [0.05, 0.1) is 24.2 Å². The van der Waals surface area contributed by atoms with Crippen LogP contribution in [0.1, 0.15) is 31.2 Å². The number of hydrogen-bond donors (Lipinski definition) is 1. The molecule has 0 aromatic heterocycles. The summed E-state index contributed by atoms with van der Waals surface area (Å²) in [7, 11) is 0. The van der Waals surface area contributed by atoms with E-state index in [1.807, 2.05) is 0 Å². The molecule has 1 aliphatic carbocycles. The van der Waals surface area contributed by atoms with Gasteiger partial charge in [-0.05, 0) is 55.5 Å². The van der Waals surface area contributed by atoms with Crippen molar-refractivity contribution in [1.82, 2.24) is 0 Å². The highest BCUT2D eigenvalue weighted by Gasteiger charge is 2.52. The second-order valence-corrected chi connectivity index (χ2v) is 9.54. The summed E-state index contributed by atoms with van der Waals surface area (Å²) >= 11 is 0. The molecule has 1 N–H and O–H groups in total. The number of aliphatic hydroxyl groups is 1. The first-order valence-electron chi connectivity index (χ1n) is 12.0. The number of anilines is 1. The van der Waals surface area contributed by atoms with Crippen molar-refractivity contribution < 1.29 is 50.5 Å². The SMILES string of the molecule is O=C1N(c2ccc(O[C@@H](OCc3ccccc3)C(F)(F)F)cc2)CC[C@]12CC[C@H](O)[C@@H](OCC(F)(F)F)C2. The van der Waals surface area contributed by atoms with Gasteiger partial charge in [-0.25, -0.2) is 0 Å². The minimum absolute atomic E-state index is 0.0488. The van der Waals surface area contributed by atoms with Gasteiger partial charge in [0.1, 0.15) is 12.4 Å². The first kappa shape index (κ1) is 28.2. The molecule has 1 saturated carbocycles. The van der Waals surface area contributed by atoms with Crippen LogP contribution < -0.4 is 9.64 Å². The molecule has 38 heavy (non-hydrogen) atoms. The molecule has 1 saturated heterocycles. The first-order chi connectivity index (χ1) is 17.9. The van der Waals surface area contributed by atoms with Crippen LogP contribution in [0.5, 0.6) is 5.75 Å². The number of amides is 1. The molecule has 1 heterocycles. The Morgan fingerprint density at radius 3 is 2.32 bits per heavy atom. The first-order valence-corrected chi connectivity index (χ1v) is 12.0. The Morgan fingerprint density at radius 1 is 1.00 bits per heavy atom. The van der Waals surface area contributed by atoms with E-state index in [9.17, 15) is 36.2 Å². The molecule has 0 bridgehead atoms. The number of benzene rings is 2. The lowest BCUT2D eigenvalue weighted by Gasteiger charge is -2.39. The Balaban J connectivity index is 1.40. The number of nitrogens with zero attached hydrogens (tertiary/aromatic N) is 1. The van der Waals surface area contributed by atoms with Crippen molar-refractivity contribution in [1.29, 1.82) is 0 Å².